The maximum absolute atomic E-state index is 5.56. The Morgan fingerprint density at radius 3 is 1.23 bits per heavy atom. The van der Waals surface area contributed by atoms with E-state index in [2.05, 4.69) is 20.8 Å². The van der Waals surface area contributed by atoms with E-state index >= 15 is 0 Å². The van der Waals surface area contributed by atoms with E-state index in [0.29, 0.717) is 0 Å². The topological polar surface area (TPSA) is 27.7 Å². The molecule has 0 bridgehead atoms. The van der Waals surface area contributed by atoms with Crippen molar-refractivity contribution in [1.82, 2.24) is 0 Å². The van der Waals surface area contributed by atoms with Crippen LogP contribution in [0.1, 0.15) is 40.0 Å². The van der Waals surface area contributed by atoms with Crippen molar-refractivity contribution in [2.75, 3.05) is 19.8 Å². The molecular formula is C9H21InO3. The molecule has 0 aromatic heterocycles. The summed E-state index contributed by atoms with van der Waals surface area (Å²) < 4.78 is 16.7. The minimum absolute atomic E-state index is 0.786. The van der Waals surface area contributed by atoms with Crippen LogP contribution < -0.4 is 0 Å². The molecule has 4 heteroatoms. The molecule has 13 heavy (non-hydrogen) atoms. The first-order chi connectivity index (χ1) is 6.35. The Bertz CT molecular complexity index is 81.8. The van der Waals surface area contributed by atoms with E-state index in [4.69, 9.17) is 8.56 Å². The van der Waals surface area contributed by atoms with Gasteiger partial charge >= 0.3 is 91.2 Å². The fraction of sp³-hybridized carbons (Fsp3) is 1.00. The Morgan fingerprint density at radius 1 is 0.692 bits per heavy atom. The average molecular weight is 292 g/mol. The van der Waals surface area contributed by atoms with Gasteiger partial charge < -0.3 is 0 Å². The Kier molecular flexibility index (Phi) is 11.5. The summed E-state index contributed by atoms with van der Waals surface area (Å²) in [6.45, 7) is 8.66. The average Bonchev–Trinajstić information content (AvgIpc) is 2.17. The zero-order valence-corrected chi connectivity index (χ0v) is 12.3. The van der Waals surface area contributed by atoms with Gasteiger partial charge in [-0.2, -0.15) is 0 Å². The summed E-state index contributed by atoms with van der Waals surface area (Å²) >= 11 is -2.47. The molecule has 0 radical (unpaired) electrons. The number of hydrogen-bond donors (Lipinski definition) is 0. The molecule has 0 aliphatic rings. The molecule has 0 aliphatic heterocycles. The van der Waals surface area contributed by atoms with Gasteiger partial charge in [0.15, 0.2) is 0 Å². The van der Waals surface area contributed by atoms with Crippen molar-refractivity contribution >= 4 is 22.7 Å². The van der Waals surface area contributed by atoms with Gasteiger partial charge in [0.1, 0.15) is 0 Å². The molecule has 3 nitrogen and oxygen atoms in total. The van der Waals surface area contributed by atoms with Crippen molar-refractivity contribution < 1.29 is 8.56 Å². The van der Waals surface area contributed by atoms with Gasteiger partial charge in [0.05, 0.1) is 0 Å². The third kappa shape index (κ3) is 9.06. The number of hydrogen-bond acceptors (Lipinski definition) is 3. The van der Waals surface area contributed by atoms with Crippen LogP contribution in [-0.4, -0.2) is 42.6 Å². The Morgan fingerprint density at radius 2 is 1.00 bits per heavy atom. The first-order valence-electron chi connectivity index (χ1n) is 5.19. The normalized spacial score (nSPS) is 10.4. The molecule has 78 valence electrons. The minimum atomic E-state index is -2.47. The molecule has 0 saturated carbocycles. The molecule has 0 N–H and O–H groups in total. The van der Waals surface area contributed by atoms with Gasteiger partial charge in [-0.1, -0.05) is 0 Å². The second-order valence-electron chi connectivity index (χ2n) is 2.90. The Labute approximate surface area is 91.1 Å². The van der Waals surface area contributed by atoms with Crippen LogP contribution in [0.5, 0.6) is 0 Å². The van der Waals surface area contributed by atoms with E-state index in [9.17, 15) is 0 Å². The summed E-state index contributed by atoms with van der Waals surface area (Å²) in [6.07, 6.45) is 3.12. The molecule has 0 heterocycles. The van der Waals surface area contributed by atoms with Crippen molar-refractivity contribution in [1.29, 1.82) is 0 Å². The molecule has 0 aliphatic carbocycles. The predicted octanol–water partition coefficient (Wildman–Crippen LogP) is 2.25. The van der Waals surface area contributed by atoms with E-state index in [1.54, 1.807) is 0 Å². The van der Waals surface area contributed by atoms with E-state index in [1.165, 1.54) is 0 Å². The maximum atomic E-state index is 5.56. The van der Waals surface area contributed by atoms with Crippen molar-refractivity contribution in [2.24, 2.45) is 0 Å². The molecule has 0 unspecified atom stereocenters. The second-order valence-corrected chi connectivity index (χ2v) is 7.40. The summed E-state index contributed by atoms with van der Waals surface area (Å²) in [6, 6.07) is 0. The molecule has 0 atom stereocenters. The first kappa shape index (κ1) is 13.8. The van der Waals surface area contributed by atoms with Crippen molar-refractivity contribution in [3.8, 4) is 0 Å². The van der Waals surface area contributed by atoms with Crippen molar-refractivity contribution in [2.45, 2.75) is 40.0 Å². The van der Waals surface area contributed by atoms with Crippen molar-refractivity contribution in [3.63, 3.8) is 0 Å². The fourth-order valence-electron chi connectivity index (χ4n) is 0.787. The van der Waals surface area contributed by atoms with Crippen LogP contribution in [0.4, 0.5) is 0 Å². The molecule has 0 aromatic rings. The monoisotopic (exact) mass is 292 g/mol. The third-order valence-electron chi connectivity index (χ3n) is 1.37. The molecule has 0 saturated heterocycles. The quantitative estimate of drug-likeness (QED) is 0.652. The van der Waals surface area contributed by atoms with E-state index in [-0.39, 0.29) is 0 Å². The van der Waals surface area contributed by atoms with Crippen molar-refractivity contribution in [3.05, 3.63) is 0 Å². The van der Waals surface area contributed by atoms with Gasteiger partial charge in [0, 0.05) is 0 Å². The van der Waals surface area contributed by atoms with Gasteiger partial charge in [-0.15, -0.1) is 0 Å². The third-order valence-corrected chi connectivity index (χ3v) is 5.72. The second kappa shape index (κ2) is 10.8. The van der Waals surface area contributed by atoms with Crippen LogP contribution in [0.15, 0.2) is 0 Å². The van der Waals surface area contributed by atoms with Crippen LogP contribution in [0.25, 0.3) is 0 Å². The summed E-state index contributed by atoms with van der Waals surface area (Å²) in [4.78, 5) is 0. The van der Waals surface area contributed by atoms with Crippen LogP contribution in [0.3, 0.4) is 0 Å². The zero-order chi connectivity index (χ0) is 9.94. The van der Waals surface area contributed by atoms with Crippen LogP contribution in [-0.2, 0) is 8.56 Å². The van der Waals surface area contributed by atoms with Gasteiger partial charge in [-0.25, -0.2) is 0 Å². The predicted molar refractivity (Wildman–Crippen MR) is 54.5 cm³/mol. The van der Waals surface area contributed by atoms with Gasteiger partial charge in [0.25, 0.3) is 0 Å². The van der Waals surface area contributed by atoms with E-state index in [1.807, 2.05) is 0 Å². The number of rotatable bonds is 9. The first-order valence-corrected chi connectivity index (χ1v) is 9.23. The molecule has 0 rings (SSSR count). The zero-order valence-electron chi connectivity index (χ0n) is 9.04. The Balaban J connectivity index is 3.47. The van der Waals surface area contributed by atoms with Gasteiger partial charge in [-0.3, -0.25) is 0 Å². The summed E-state index contributed by atoms with van der Waals surface area (Å²) in [5.74, 6) is 0. The van der Waals surface area contributed by atoms with Crippen LogP contribution in [0.2, 0.25) is 0 Å². The summed E-state index contributed by atoms with van der Waals surface area (Å²) in [5.41, 5.74) is 0. The van der Waals surface area contributed by atoms with E-state index in [0.717, 1.165) is 39.1 Å². The molecule has 0 amide bonds. The molecule has 0 aromatic carbocycles. The SMILES string of the molecule is CCC[O][In]([O]CCC)[O]CCC. The molecule has 0 spiro atoms. The van der Waals surface area contributed by atoms with Gasteiger partial charge in [-0.05, 0) is 0 Å². The summed E-state index contributed by atoms with van der Waals surface area (Å²) in [5, 5.41) is 0. The van der Waals surface area contributed by atoms with E-state index < -0.39 is 22.7 Å². The standard InChI is InChI=1S/3C3H7O.In/c3*1-2-3-4;/h3*2-3H2,1H3;/q3*-1;+3. The van der Waals surface area contributed by atoms with Gasteiger partial charge in [0.2, 0.25) is 0 Å². The Hall–Kier alpha value is 0.750. The molecule has 0 fully saturated rings. The van der Waals surface area contributed by atoms with Crippen LogP contribution >= 0.6 is 0 Å². The van der Waals surface area contributed by atoms with Crippen LogP contribution in [0, 0.1) is 0 Å². The molecular weight excluding hydrogens is 271 g/mol. The fourth-order valence-corrected chi connectivity index (χ4v) is 5.28. The summed E-state index contributed by atoms with van der Waals surface area (Å²) in [7, 11) is 0.